The van der Waals surface area contributed by atoms with Gasteiger partial charge in [-0.05, 0) is 35.4 Å². The van der Waals surface area contributed by atoms with Crippen LogP contribution in [0.5, 0.6) is 5.75 Å². The Bertz CT molecular complexity index is 743. The molecule has 0 saturated carbocycles. The predicted molar refractivity (Wildman–Crippen MR) is 99.6 cm³/mol. The fourth-order valence-corrected chi connectivity index (χ4v) is 2.20. The summed E-state index contributed by atoms with van der Waals surface area (Å²) in [7, 11) is 1.58. The molecule has 25 heavy (non-hydrogen) atoms. The summed E-state index contributed by atoms with van der Waals surface area (Å²) in [5.74, 6) is 0.0980. The lowest BCUT2D eigenvalue weighted by Crippen LogP contribution is -2.35. The van der Waals surface area contributed by atoms with Crippen molar-refractivity contribution in [2.45, 2.75) is 6.42 Å². The Labute approximate surface area is 154 Å². The molecule has 0 spiro atoms. The lowest BCUT2D eigenvalue weighted by atomic mass is 10.1. The zero-order chi connectivity index (χ0) is 18.1. The molecule has 0 bridgehead atoms. The number of rotatable bonds is 7. The van der Waals surface area contributed by atoms with Crippen LogP contribution < -0.4 is 15.5 Å². The van der Waals surface area contributed by atoms with Gasteiger partial charge in [0.05, 0.1) is 26.3 Å². The van der Waals surface area contributed by atoms with E-state index in [0.29, 0.717) is 0 Å². The molecule has 0 aliphatic carbocycles. The smallest absolute Gasteiger partial charge is 0.259 e. The van der Waals surface area contributed by atoms with Gasteiger partial charge in [0.15, 0.2) is 0 Å². The van der Waals surface area contributed by atoms with Gasteiger partial charge in [0, 0.05) is 4.47 Å². The highest BCUT2D eigenvalue weighted by Gasteiger charge is 2.06. The highest BCUT2D eigenvalue weighted by molar-refractivity contribution is 9.10. The van der Waals surface area contributed by atoms with Crippen LogP contribution in [0.2, 0.25) is 0 Å². The van der Waals surface area contributed by atoms with Crippen LogP contribution in [0.3, 0.4) is 0 Å². The van der Waals surface area contributed by atoms with E-state index in [0.717, 1.165) is 21.3 Å². The Kier molecular flexibility index (Phi) is 7.16. The molecule has 0 aliphatic rings. The number of hydrazone groups is 1. The summed E-state index contributed by atoms with van der Waals surface area (Å²) in [6, 6.07) is 14.7. The number of hydrogen-bond donors (Lipinski definition) is 2. The van der Waals surface area contributed by atoms with Crippen LogP contribution in [0, 0.1) is 0 Å². The molecule has 2 aromatic rings. The maximum absolute atomic E-state index is 11.8. The molecular formula is C18H18BrN3O3. The number of benzene rings is 2. The van der Waals surface area contributed by atoms with E-state index in [1.165, 1.54) is 6.21 Å². The first kappa shape index (κ1) is 18.7. The van der Waals surface area contributed by atoms with Crippen molar-refractivity contribution in [1.29, 1.82) is 0 Å². The Hall–Kier alpha value is -2.67. The van der Waals surface area contributed by atoms with Crippen molar-refractivity contribution in [3.63, 3.8) is 0 Å². The first-order chi connectivity index (χ1) is 12.1. The van der Waals surface area contributed by atoms with Gasteiger partial charge >= 0.3 is 0 Å². The van der Waals surface area contributed by atoms with E-state index in [4.69, 9.17) is 4.74 Å². The maximum Gasteiger partial charge on any atom is 0.259 e. The van der Waals surface area contributed by atoms with Crippen molar-refractivity contribution in [2.75, 3.05) is 13.7 Å². The first-order valence-electron chi connectivity index (χ1n) is 7.54. The Balaban J connectivity index is 1.71. The number of carbonyl (C=O) groups is 2. The molecule has 0 fully saturated rings. The van der Waals surface area contributed by atoms with Crippen molar-refractivity contribution in [1.82, 2.24) is 10.7 Å². The number of amides is 2. The Morgan fingerprint density at radius 1 is 1.08 bits per heavy atom. The van der Waals surface area contributed by atoms with Crippen molar-refractivity contribution < 1.29 is 14.3 Å². The van der Waals surface area contributed by atoms with Gasteiger partial charge in [-0.25, -0.2) is 5.43 Å². The number of ether oxygens (including phenoxy) is 1. The van der Waals surface area contributed by atoms with E-state index in [1.807, 2.05) is 24.3 Å². The minimum Gasteiger partial charge on any atom is -0.497 e. The molecule has 0 saturated heterocycles. The molecule has 0 unspecified atom stereocenters. The number of nitrogens with one attached hydrogen (secondary N) is 2. The van der Waals surface area contributed by atoms with E-state index in [1.54, 1.807) is 31.4 Å². The third-order valence-corrected chi connectivity index (χ3v) is 3.77. The van der Waals surface area contributed by atoms with Gasteiger partial charge in [-0.15, -0.1) is 0 Å². The van der Waals surface area contributed by atoms with Gasteiger partial charge < -0.3 is 10.1 Å². The quantitative estimate of drug-likeness (QED) is 0.549. The summed E-state index contributed by atoms with van der Waals surface area (Å²) in [5.41, 5.74) is 4.06. The zero-order valence-corrected chi connectivity index (χ0v) is 15.2. The number of carbonyl (C=O) groups excluding carboxylic acids is 2. The molecular weight excluding hydrogens is 386 g/mol. The summed E-state index contributed by atoms with van der Waals surface area (Å²) in [5, 5.41) is 6.40. The molecule has 0 heterocycles. The Morgan fingerprint density at radius 2 is 1.76 bits per heavy atom. The molecule has 2 rings (SSSR count). The first-order valence-corrected chi connectivity index (χ1v) is 8.33. The molecule has 2 amide bonds. The molecule has 0 radical (unpaired) electrons. The molecule has 0 atom stereocenters. The van der Waals surface area contributed by atoms with E-state index >= 15 is 0 Å². The number of halogens is 1. The van der Waals surface area contributed by atoms with Crippen molar-refractivity contribution in [2.24, 2.45) is 5.10 Å². The van der Waals surface area contributed by atoms with Gasteiger partial charge in [-0.1, -0.05) is 40.2 Å². The van der Waals surface area contributed by atoms with Crippen LogP contribution in [0.25, 0.3) is 0 Å². The maximum atomic E-state index is 11.8. The highest BCUT2D eigenvalue weighted by atomic mass is 79.9. The minimum atomic E-state index is -0.392. The zero-order valence-electron chi connectivity index (χ0n) is 13.7. The van der Waals surface area contributed by atoms with E-state index in [2.05, 4.69) is 31.8 Å². The molecule has 6 nitrogen and oxygen atoms in total. The van der Waals surface area contributed by atoms with Crippen molar-refractivity contribution in [3.05, 3.63) is 64.1 Å². The van der Waals surface area contributed by atoms with Gasteiger partial charge in [0.1, 0.15) is 5.75 Å². The van der Waals surface area contributed by atoms with Crippen LogP contribution in [0.4, 0.5) is 0 Å². The van der Waals surface area contributed by atoms with Gasteiger partial charge in [0.2, 0.25) is 5.91 Å². The molecule has 0 aromatic heterocycles. The highest BCUT2D eigenvalue weighted by Crippen LogP contribution is 2.11. The average molecular weight is 404 g/mol. The standard InChI is InChI=1S/C18H18BrN3O3/c1-25-16-8-4-13(5-9-16)10-17(23)20-12-18(24)22-21-11-14-2-6-15(19)7-3-14/h2-9,11H,10,12H2,1H3,(H,20,23)(H,22,24)/b21-11-. The van der Waals surface area contributed by atoms with Crippen LogP contribution in [0.15, 0.2) is 58.1 Å². The van der Waals surface area contributed by atoms with Crippen LogP contribution in [-0.4, -0.2) is 31.7 Å². The van der Waals surface area contributed by atoms with Gasteiger partial charge in [0.25, 0.3) is 5.91 Å². The topological polar surface area (TPSA) is 79.8 Å². The summed E-state index contributed by atoms with van der Waals surface area (Å²) >= 11 is 3.34. The fraction of sp³-hybridized carbons (Fsp3) is 0.167. The van der Waals surface area contributed by atoms with E-state index in [9.17, 15) is 9.59 Å². The van der Waals surface area contributed by atoms with Crippen molar-refractivity contribution in [3.8, 4) is 5.75 Å². The monoisotopic (exact) mass is 403 g/mol. The van der Waals surface area contributed by atoms with Crippen molar-refractivity contribution >= 4 is 34.0 Å². The van der Waals surface area contributed by atoms with E-state index < -0.39 is 5.91 Å². The molecule has 0 aliphatic heterocycles. The minimum absolute atomic E-state index is 0.132. The lowest BCUT2D eigenvalue weighted by molar-refractivity contribution is -0.125. The molecule has 7 heteroatoms. The summed E-state index contributed by atoms with van der Waals surface area (Å²) in [6.45, 7) is -0.132. The second-order valence-corrected chi connectivity index (χ2v) is 6.06. The second kappa shape index (κ2) is 9.58. The molecule has 2 N–H and O–H groups in total. The van der Waals surface area contributed by atoms with Crippen LogP contribution >= 0.6 is 15.9 Å². The summed E-state index contributed by atoms with van der Waals surface area (Å²) in [4.78, 5) is 23.5. The average Bonchev–Trinajstić information content (AvgIpc) is 2.62. The normalized spacial score (nSPS) is 10.5. The lowest BCUT2D eigenvalue weighted by Gasteiger charge is -2.05. The van der Waals surface area contributed by atoms with Crippen LogP contribution in [-0.2, 0) is 16.0 Å². The Morgan fingerprint density at radius 3 is 2.40 bits per heavy atom. The molecule has 130 valence electrons. The third kappa shape index (κ3) is 6.76. The van der Waals surface area contributed by atoms with E-state index in [-0.39, 0.29) is 18.9 Å². The second-order valence-electron chi connectivity index (χ2n) is 5.15. The van der Waals surface area contributed by atoms with Gasteiger partial charge in [-0.2, -0.15) is 5.10 Å². The summed E-state index contributed by atoms with van der Waals surface area (Å²) < 4.78 is 6.03. The molecule has 2 aromatic carbocycles. The SMILES string of the molecule is COc1ccc(CC(=O)NCC(=O)N/N=C\c2ccc(Br)cc2)cc1. The summed E-state index contributed by atoms with van der Waals surface area (Å²) in [6.07, 6.45) is 1.73. The largest absolute Gasteiger partial charge is 0.497 e. The van der Waals surface area contributed by atoms with Gasteiger partial charge in [-0.3, -0.25) is 9.59 Å². The number of hydrogen-bond acceptors (Lipinski definition) is 4. The third-order valence-electron chi connectivity index (χ3n) is 3.24. The number of methoxy groups -OCH3 is 1. The predicted octanol–water partition coefficient (Wildman–Crippen LogP) is 2.27. The fourth-order valence-electron chi connectivity index (χ4n) is 1.94. The van der Waals surface area contributed by atoms with Crippen LogP contribution in [0.1, 0.15) is 11.1 Å². The number of nitrogens with zero attached hydrogens (tertiary/aromatic N) is 1.